The monoisotopic (exact) mass is 580 g/mol. The lowest BCUT2D eigenvalue weighted by Crippen LogP contribution is -2.54. The number of nitrogens with zero attached hydrogens (tertiary/aromatic N) is 1. The Hall–Kier alpha value is -4.41. The molecule has 1 saturated heterocycles. The van der Waals surface area contributed by atoms with Crippen molar-refractivity contribution in [3.05, 3.63) is 100 Å². The van der Waals surface area contributed by atoms with Crippen LogP contribution in [0.4, 0.5) is 10.5 Å². The van der Waals surface area contributed by atoms with Gasteiger partial charge in [0.1, 0.15) is 10.5 Å². The van der Waals surface area contributed by atoms with Gasteiger partial charge in [-0.15, -0.1) is 6.58 Å². The van der Waals surface area contributed by atoms with Crippen molar-refractivity contribution in [3.63, 3.8) is 0 Å². The Morgan fingerprint density at radius 2 is 1.73 bits per heavy atom. The number of carbonyl (C=O) groups is 3. The van der Waals surface area contributed by atoms with Crippen molar-refractivity contribution in [1.82, 2.24) is 5.32 Å². The number of nitrogens with one attached hydrogen (secondary N) is 1. The van der Waals surface area contributed by atoms with E-state index in [2.05, 4.69) is 11.9 Å². The third-order valence-corrected chi connectivity index (χ3v) is 7.71. The van der Waals surface area contributed by atoms with Gasteiger partial charge >= 0.3 is 16.1 Å². The third-order valence-electron chi connectivity index (χ3n) is 6.07. The van der Waals surface area contributed by atoms with Crippen LogP contribution < -0.4 is 19.1 Å². The first-order valence-corrected chi connectivity index (χ1v) is 13.7. The van der Waals surface area contributed by atoms with Gasteiger partial charge in [0.2, 0.25) is 0 Å². The number of benzene rings is 3. The summed E-state index contributed by atoms with van der Waals surface area (Å²) >= 11 is 6.18. The average Bonchev–Trinajstić information content (AvgIpc) is 2.90. The molecule has 4 rings (SSSR count). The number of ether oxygens (including phenoxy) is 1. The van der Waals surface area contributed by atoms with Crippen LogP contribution in [0.15, 0.2) is 77.7 Å². The topological polar surface area (TPSA) is 119 Å². The van der Waals surface area contributed by atoms with E-state index in [9.17, 15) is 22.8 Å². The number of carbonyl (C=O) groups excluding carboxylic acids is 3. The van der Waals surface area contributed by atoms with E-state index >= 15 is 0 Å². The highest BCUT2D eigenvalue weighted by Crippen LogP contribution is 2.37. The third kappa shape index (κ3) is 5.78. The van der Waals surface area contributed by atoms with Crippen LogP contribution in [-0.4, -0.2) is 33.4 Å². The fourth-order valence-corrected chi connectivity index (χ4v) is 5.11. The smallest absolute Gasteiger partial charge is 0.339 e. The van der Waals surface area contributed by atoms with E-state index in [1.165, 1.54) is 49.6 Å². The predicted molar refractivity (Wildman–Crippen MR) is 151 cm³/mol. The quantitative estimate of drug-likeness (QED) is 0.170. The fraction of sp³-hybridized carbons (Fsp3) is 0.138. The number of hydrogen-bond donors (Lipinski definition) is 1. The molecule has 11 heteroatoms. The highest BCUT2D eigenvalue weighted by molar-refractivity contribution is 7.87. The summed E-state index contributed by atoms with van der Waals surface area (Å²) in [7, 11) is -2.89. The number of rotatable bonds is 8. The van der Waals surface area contributed by atoms with Gasteiger partial charge in [-0.3, -0.25) is 14.9 Å². The lowest BCUT2D eigenvalue weighted by Gasteiger charge is -2.26. The Morgan fingerprint density at radius 3 is 2.35 bits per heavy atom. The zero-order valence-electron chi connectivity index (χ0n) is 21.9. The van der Waals surface area contributed by atoms with Crippen molar-refractivity contribution < 1.29 is 31.7 Å². The van der Waals surface area contributed by atoms with Gasteiger partial charge < -0.3 is 8.92 Å². The largest absolute Gasteiger partial charge is 0.493 e. The molecule has 0 saturated carbocycles. The molecule has 3 aromatic carbocycles. The number of imide groups is 2. The molecule has 0 aliphatic carbocycles. The minimum Gasteiger partial charge on any atom is -0.493 e. The van der Waals surface area contributed by atoms with Crippen LogP contribution in [0, 0.1) is 13.8 Å². The molecule has 1 heterocycles. The molecule has 0 spiro atoms. The molecule has 0 bridgehead atoms. The van der Waals surface area contributed by atoms with Gasteiger partial charge in [0.25, 0.3) is 11.8 Å². The molecule has 4 amide bonds. The van der Waals surface area contributed by atoms with Crippen LogP contribution >= 0.6 is 11.6 Å². The lowest BCUT2D eigenvalue weighted by atomic mass is 10.0. The number of methoxy groups -OCH3 is 1. The van der Waals surface area contributed by atoms with Crippen molar-refractivity contribution in [2.24, 2.45) is 0 Å². The summed E-state index contributed by atoms with van der Waals surface area (Å²) in [5.74, 6) is -1.77. The minimum absolute atomic E-state index is 0.0404. The van der Waals surface area contributed by atoms with Crippen LogP contribution in [0.5, 0.6) is 11.5 Å². The molecular weight excluding hydrogens is 556 g/mol. The van der Waals surface area contributed by atoms with Gasteiger partial charge in [-0.05, 0) is 73.9 Å². The zero-order chi connectivity index (χ0) is 29.2. The first-order chi connectivity index (χ1) is 18.9. The maximum Gasteiger partial charge on any atom is 0.339 e. The standard InChI is InChI=1S/C29H25ClN2O7S/c1-5-6-20-13-19(15-25(38-4)26(20)39-40(36,37)22-11-7-17(2)8-12-22)14-23-27(33)31-29(35)32(28(23)34)21-10-9-18(3)24(30)16-21/h5,7-16H,1,6H2,2-4H3,(H,31,33,35)/b23-14+. The molecule has 0 atom stereocenters. The molecular formula is C29H25ClN2O7S. The van der Waals surface area contributed by atoms with Gasteiger partial charge in [0.15, 0.2) is 11.5 Å². The fourth-order valence-electron chi connectivity index (χ4n) is 3.96. The summed E-state index contributed by atoms with van der Waals surface area (Å²) in [6.45, 7) is 7.32. The lowest BCUT2D eigenvalue weighted by molar-refractivity contribution is -0.122. The van der Waals surface area contributed by atoms with Crippen LogP contribution in [0.1, 0.15) is 22.3 Å². The summed E-state index contributed by atoms with van der Waals surface area (Å²) in [6, 6.07) is 12.9. The number of amides is 4. The Morgan fingerprint density at radius 1 is 1.02 bits per heavy atom. The second-order valence-electron chi connectivity index (χ2n) is 8.95. The van der Waals surface area contributed by atoms with E-state index in [1.54, 1.807) is 31.2 Å². The van der Waals surface area contributed by atoms with Crippen LogP contribution in [0.2, 0.25) is 5.02 Å². The molecule has 9 nitrogen and oxygen atoms in total. The number of hydrogen-bond acceptors (Lipinski definition) is 7. The Labute approximate surface area is 236 Å². The molecule has 1 aliphatic heterocycles. The van der Waals surface area contributed by atoms with E-state index in [-0.39, 0.29) is 34.1 Å². The number of anilines is 1. The number of barbiturate groups is 1. The van der Waals surface area contributed by atoms with E-state index in [0.717, 1.165) is 16.0 Å². The summed E-state index contributed by atoms with van der Waals surface area (Å²) in [6.07, 6.45) is 3.00. The molecule has 206 valence electrons. The molecule has 1 aliphatic rings. The first-order valence-electron chi connectivity index (χ1n) is 12.0. The normalized spacial score (nSPS) is 14.8. The van der Waals surface area contributed by atoms with Crippen molar-refractivity contribution in [2.75, 3.05) is 12.0 Å². The zero-order valence-corrected chi connectivity index (χ0v) is 23.4. The van der Waals surface area contributed by atoms with Gasteiger partial charge in [-0.1, -0.05) is 41.4 Å². The second kappa shape index (κ2) is 11.4. The summed E-state index contributed by atoms with van der Waals surface area (Å²) < 4.78 is 37.0. The van der Waals surface area contributed by atoms with Gasteiger partial charge in [-0.2, -0.15) is 8.42 Å². The van der Waals surface area contributed by atoms with Crippen molar-refractivity contribution >= 4 is 51.3 Å². The predicted octanol–water partition coefficient (Wildman–Crippen LogP) is 5.13. The molecule has 3 aromatic rings. The number of allylic oxidation sites excluding steroid dienone is 1. The number of urea groups is 1. The summed E-state index contributed by atoms with van der Waals surface area (Å²) in [5.41, 5.74) is 2.18. The summed E-state index contributed by atoms with van der Waals surface area (Å²) in [5, 5.41) is 2.50. The Balaban J connectivity index is 1.76. The maximum absolute atomic E-state index is 13.3. The molecule has 0 aromatic heterocycles. The highest BCUT2D eigenvalue weighted by Gasteiger charge is 2.37. The highest BCUT2D eigenvalue weighted by atomic mass is 35.5. The van der Waals surface area contributed by atoms with Gasteiger partial charge in [0.05, 0.1) is 12.8 Å². The van der Waals surface area contributed by atoms with Crippen molar-refractivity contribution in [2.45, 2.75) is 25.2 Å². The van der Waals surface area contributed by atoms with Crippen LogP contribution in [-0.2, 0) is 26.1 Å². The molecule has 1 N–H and O–H groups in total. The number of aryl methyl sites for hydroxylation is 2. The molecule has 0 unspecified atom stereocenters. The SMILES string of the molecule is C=CCc1cc(/C=C2\C(=O)NC(=O)N(c3ccc(C)c(Cl)c3)C2=O)cc(OC)c1OS(=O)(=O)c1ccc(C)cc1. The average molecular weight is 581 g/mol. The van der Waals surface area contributed by atoms with Crippen LogP contribution in [0.3, 0.4) is 0 Å². The summed E-state index contributed by atoms with van der Waals surface area (Å²) in [4.78, 5) is 39.4. The molecule has 0 radical (unpaired) electrons. The number of halogens is 1. The molecule has 1 fully saturated rings. The van der Waals surface area contributed by atoms with E-state index < -0.39 is 28.0 Å². The van der Waals surface area contributed by atoms with E-state index in [4.69, 9.17) is 20.5 Å². The van der Waals surface area contributed by atoms with Gasteiger partial charge in [-0.25, -0.2) is 9.69 Å². The van der Waals surface area contributed by atoms with Gasteiger partial charge in [0, 0.05) is 10.6 Å². The Bertz CT molecular complexity index is 1680. The Kier molecular flexibility index (Phi) is 8.13. The van der Waals surface area contributed by atoms with Crippen molar-refractivity contribution in [1.29, 1.82) is 0 Å². The van der Waals surface area contributed by atoms with Crippen molar-refractivity contribution in [3.8, 4) is 11.5 Å². The first kappa shape index (κ1) is 28.6. The maximum atomic E-state index is 13.3. The molecule has 40 heavy (non-hydrogen) atoms. The van der Waals surface area contributed by atoms with E-state index in [1.807, 2.05) is 6.92 Å². The van der Waals surface area contributed by atoms with Crippen LogP contribution in [0.25, 0.3) is 6.08 Å². The van der Waals surface area contributed by atoms with E-state index in [0.29, 0.717) is 16.1 Å². The minimum atomic E-state index is -4.21. The second-order valence-corrected chi connectivity index (χ2v) is 10.9.